The molecule has 1 unspecified atom stereocenters. The minimum Gasteiger partial charge on any atom is -0.425 e. The highest BCUT2D eigenvalue weighted by Gasteiger charge is 2.24. The van der Waals surface area contributed by atoms with Gasteiger partial charge >= 0.3 is 0 Å². The fourth-order valence-corrected chi connectivity index (χ4v) is 2.34. The molecule has 0 saturated carbocycles. The predicted octanol–water partition coefficient (Wildman–Crippen LogP) is 3.06. The highest BCUT2D eigenvalue weighted by Crippen LogP contribution is 2.29. The monoisotopic (exact) mass is 216 g/mol. The highest BCUT2D eigenvalue weighted by atomic mass is 28.2. The van der Waals surface area contributed by atoms with E-state index in [-0.39, 0.29) is 0 Å². The van der Waals surface area contributed by atoms with Gasteiger partial charge in [-0.15, -0.1) is 0 Å². The average molecular weight is 216 g/mol. The van der Waals surface area contributed by atoms with Crippen molar-refractivity contribution in [3.05, 3.63) is 0 Å². The Labute approximate surface area is 93.2 Å². The molecule has 0 heterocycles. The molecule has 14 heavy (non-hydrogen) atoms. The first-order chi connectivity index (χ1) is 6.54. The van der Waals surface area contributed by atoms with Gasteiger partial charge in [-0.25, -0.2) is 0 Å². The largest absolute Gasteiger partial charge is 0.425 e. The third-order valence-electron chi connectivity index (χ3n) is 3.38. The van der Waals surface area contributed by atoms with Crippen molar-refractivity contribution in [2.45, 2.75) is 72.3 Å². The van der Waals surface area contributed by atoms with Gasteiger partial charge < -0.3 is 4.43 Å². The zero-order chi connectivity index (χ0) is 11.0. The molecule has 0 amide bonds. The van der Waals surface area contributed by atoms with Crippen molar-refractivity contribution in [2.75, 3.05) is 0 Å². The van der Waals surface area contributed by atoms with Crippen LogP contribution >= 0.6 is 0 Å². The van der Waals surface area contributed by atoms with E-state index in [9.17, 15) is 0 Å². The molecule has 0 saturated heterocycles. The Balaban J connectivity index is 3.55. The first-order valence-electron chi connectivity index (χ1n) is 6.07. The lowest BCUT2D eigenvalue weighted by Crippen LogP contribution is -2.28. The van der Waals surface area contributed by atoms with Crippen LogP contribution in [0.1, 0.15) is 66.2 Å². The summed E-state index contributed by atoms with van der Waals surface area (Å²) < 4.78 is 5.53. The highest BCUT2D eigenvalue weighted by molar-refractivity contribution is 5.98. The fraction of sp³-hybridized carbons (Fsp3) is 1.00. The van der Waals surface area contributed by atoms with Crippen LogP contribution in [0.2, 0.25) is 0 Å². The standard InChI is InChI=1S/C12H28OSi/c1-5-6-7-8-9-10-12(3,4)11(2)13-14/h11H,5-10H2,1-4,14H3. The van der Waals surface area contributed by atoms with Gasteiger partial charge in [-0.2, -0.15) is 0 Å². The van der Waals surface area contributed by atoms with E-state index in [1.54, 1.807) is 0 Å². The van der Waals surface area contributed by atoms with E-state index in [0.717, 1.165) is 10.5 Å². The van der Waals surface area contributed by atoms with E-state index >= 15 is 0 Å². The maximum atomic E-state index is 5.53. The summed E-state index contributed by atoms with van der Waals surface area (Å²) in [7, 11) is 0.864. The minimum atomic E-state index is 0.369. The molecule has 0 spiro atoms. The van der Waals surface area contributed by atoms with E-state index in [1.165, 1.54) is 38.5 Å². The SMILES string of the molecule is CCCCCCCC(C)(C)C(C)O[SiH3]. The van der Waals surface area contributed by atoms with Crippen LogP contribution in [0.25, 0.3) is 0 Å². The molecule has 1 atom stereocenters. The van der Waals surface area contributed by atoms with E-state index in [4.69, 9.17) is 4.43 Å². The Bertz CT molecular complexity index is 134. The fourth-order valence-electron chi connectivity index (χ4n) is 1.71. The van der Waals surface area contributed by atoms with Gasteiger partial charge in [0.25, 0.3) is 0 Å². The topological polar surface area (TPSA) is 9.23 Å². The number of rotatable bonds is 8. The van der Waals surface area contributed by atoms with Gasteiger partial charge in [0.05, 0.1) is 0 Å². The van der Waals surface area contributed by atoms with Gasteiger partial charge in [0.15, 0.2) is 0 Å². The lowest BCUT2D eigenvalue weighted by Gasteiger charge is -2.31. The molecule has 0 rings (SSSR count). The van der Waals surface area contributed by atoms with Crippen molar-refractivity contribution in [1.29, 1.82) is 0 Å². The maximum Gasteiger partial charge on any atom is 0.146 e. The summed E-state index contributed by atoms with van der Waals surface area (Å²) in [5.74, 6) is 0. The lowest BCUT2D eigenvalue weighted by atomic mass is 9.82. The molecule has 0 aliphatic rings. The summed E-state index contributed by atoms with van der Waals surface area (Å²) in [5, 5.41) is 0. The second kappa shape index (κ2) is 7.47. The van der Waals surface area contributed by atoms with Crippen molar-refractivity contribution in [3.8, 4) is 0 Å². The molecule has 2 heteroatoms. The third kappa shape index (κ3) is 5.81. The first-order valence-corrected chi connectivity index (χ1v) is 6.89. The number of unbranched alkanes of at least 4 members (excludes halogenated alkanes) is 4. The molecular weight excluding hydrogens is 188 g/mol. The third-order valence-corrected chi connectivity index (χ3v) is 4.09. The lowest BCUT2D eigenvalue weighted by molar-refractivity contribution is 0.0882. The van der Waals surface area contributed by atoms with Crippen molar-refractivity contribution < 1.29 is 4.43 Å². The van der Waals surface area contributed by atoms with E-state index < -0.39 is 0 Å². The van der Waals surface area contributed by atoms with Gasteiger partial charge in [-0.05, 0) is 18.8 Å². The molecule has 86 valence electrons. The quantitative estimate of drug-likeness (QED) is 0.447. The Kier molecular flexibility index (Phi) is 7.56. The van der Waals surface area contributed by atoms with Crippen LogP contribution in [0.15, 0.2) is 0 Å². The summed E-state index contributed by atoms with van der Waals surface area (Å²) in [5.41, 5.74) is 0.369. The summed E-state index contributed by atoms with van der Waals surface area (Å²) >= 11 is 0. The summed E-state index contributed by atoms with van der Waals surface area (Å²) in [4.78, 5) is 0. The van der Waals surface area contributed by atoms with Gasteiger partial charge in [0, 0.05) is 6.10 Å². The Morgan fingerprint density at radius 1 is 1.14 bits per heavy atom. The van der Waals surface area contributed by atoms with Crippen LogP contribution < -0.4 is 0 Å². The predicted molar refractivity (Wildman–Crippen MR) is 67.6 cm³/mol. The Morgan fingerprint density at radius 3 is 2.21 bits per heavy atom. The Hall–Kier alpha value is 0.177. The Morgan fingerprint density at radius 2 is 1.71 bits per heavy atom. The van der Waals surface area contributed by atoms with Crippen LogP contribution in [0.4, 0.5) is 0 Å². The van der Waals surface area contributed by atoms with Gasteiger partial charge in [0.1, 0.15) is 10.5 Å². The molecule has 0 aliphatic heterocycles. The molecule has 0 radical (unpaired) electrons. The van der Waals surface area contributed by atoms with Crippen molar-refractivity contribution >= 4 is 10.5 Å². The van der Waals surface area contributed by atoms with Crippen LogP contribution in [0.5, 0.6) is 0 Å². The maximum absolute atomic E-state index is 5.53. The second-order valence-corrected chi connectivity index (χ2v) is 5.50. The summed E-state index contributed by atoms with van der Waals surface area (Å²) in [6.45, 7) is 9.13. The van der Waals surface area contributed by atoms with E-state index in [2.05, 4.69) is 27.7 Å². The molecule has 0 fully saturated rings. The van der Waals surface area contributed by atoms with Crippen LogP contribution in [-0.4, -0.2) is 16.6 Å². The van der Waals surface area contributed by atoms with Crippen LogP contribution in [-0.2, 0) is 4.43 Å². The first kappa shape index (κ1) is 14.2. The van der Waals surface area contributed by atoms with Gasteiger partial charge in [0.2, 0.25) is 0 Å². The molecule has 0 N–H and O–H groups in total. The summed E-state index contributed by atoms with van der Waals surface area (Å²) in [6, 6.07) is 0. The van der Waals surface area contributed by atoms with Crippen LogP contribution in [0, 0.1) is 5.41 Å². The van der Waals surface area contributed by atoms with E-state index in [1.807, 2.05) is 0 Å². The minimum absolute atomic E-state index is 0.369. The molecular formula is C12H28OSi. The van der Waals surface area contributed by atoms with E-state index in [0.29, 0.717) is 11.5 Å². The zero-order valence-corrected chi connectivity index (χ0v) is 12.7. The van der Waals surface area contributed by atoms with Crippen molar-refractivity contribution in [3.63, 3.8) is 0 Å². The van der Waals surface area contributed by atoms with Crippen LogP contribution in [0.3, 0.4) is 0 Å². The molecule has 0 aromatic heterocycles. The average Bonchev–Trinajstić information content (AvgIpc) is 2.16. The smallest absolute Gasteiger partial charge is 0.146 e. The van der Waals surface area contributed by atoms with Gasteiger partial charge in [-0.1, -0.05) is 52.9 Å². The molecule has 1 nitrogen and oxygen atoms in total. The van der Waals surface area contributed by atoms with Crippen molar-refractivity contribution in [1.82, 2.24) is 0 Å². The summed E-state index contributed by atoms with van der Waals surface area (Å²) in [6.07, 6.45) is 8.63. The molecule has 0 aromatic carbocycles. The van der Waals surface area contributed by atoms with Crippen molar-refractivity contribution in [2.24, 2.45) is 5.41 Å². The van der Waals surface area contributed by atoms with Gasteiger partial charge in [-0.3, -0.25) is 0 Å². The number of hydrogen-bond acceptors (Lipinski definition) is 1. The molecule has 0 bridgehead atoms. The second-order valence-electron chi connectivity index (χ2n) is 5.03. The zero-order valence-electron chi connectivity index (χ0n) is 10.7. The normalized spacial score (nSPS) is 14.6. The molecule has 0 aromatic rings. The number of hydrogen-bond donors (Lipinski definition) is 0. The molecule has 0 aliphatic carbocycles.